The minimum Gasteiger partial charge on any atom is -0.274 e. The number of hydrogen-bond acceptors (Lipinski definition) is 4. The maximum Gasteiger partial charge on any atom is 0.243 e. The number of aromatic nitrogens is 4. The van der Waals surface area contributed by atoms with Gasteiger partial charge in [0.05, 0.1) is 12.7 Å². The van der Waals surface area contributed by atoms with E-state index in [0.717, 1.165) is 0 Å². The predicted molar refractivity (Wildman–Crippen MR) is 65.2 cm³/mol. The molecule has 0 saturated heterocycles. The summed E-state index contributed by atoms with van der Waals surface area (Å²) in [5.41, 5.74) is 0. The largest absolute Gasteiger partial charge is 0.274 e. The van der Waals surface area contributed by atoms with Crippen LogP contribution in [0.4, 0.5) is 0 Å². The molecule has 2 rings (SSSR count). The quantitative estimate of drug-likeness (QED) is 0.827. The van der Waals surface area contributed by atoms with Gasteiger partial charge < -0.3 is 0 Å². The normalized spacial score (nSPS) is 13.7. The molecule has 2 heterocycles. The first-order chi connectivity index (χ1) is 8.47. The molecule has 1 unspecified atom stereocenters. The first kappa shape index (κ1) is 12.8. The molecule has 7 nitrogen and oxygen atoms in total. The minimum absolute atomic E-state index is 0.164. The van der Waals surface area contributed by atoms with E-state index in [1.54, 1.807) is 37.1 Å². The summed E-state index contributed by atoms with van der Waals surface area (Å²) in [4.78, 5) is 0.164. The summed E-state index contributed by atoms with van der Waals surface area (Å²) >= 11 is 0. The van der Waals surface area contributed by atoms with Gasteiger partial charge in [-0.15, -0.1) is 0 Å². The Bertz CT molecular complexity index is 602. The van der Waals surface area contributed by atoms with Crippen LogP contribution in [0.2, 0.25) is 0 Å². The van der Waals surface area contributed by atoms with Gasteiger partial charge in [0.15, 0.2) is 0 Å². The van der Waals surface area contributed by atoms with Crippen LogP contribution in [0.15, 0.2) is 35.7 Å². The molecule has 0 amide bonds. The summed E-state index contributed by atoms with van der Waals surface area (Å²) in [5.74, 6) is 0. The van der Waals surface area contributed by atoms with Crippen molar-refractivity contribution in [3.63, 3.8) is 0 Å². The zero-order valence-corrected chi connectivity index (χ0v) is 11.0. The van der Waals surface area contributed by atoms with Crippen molar-refractivity contribution in [2.45, 2.75) is 24.4 Å². The molecule has 0 aliphatic rings. The number of aryl methyl sites for hydroxylation is 1. The molecule has 0 fully saturated rings. The molecule has 8 heteroatoms. The Morgan fingerprint density at radius 3 is 2.78 bits per heavy atom. The van der Waals surface area contributed by atoms with Crippen molar-refractivity contribution >= 4 is 10.0 Å². The fraction of sp³-hybridized carbons (Fsp3) is 0.400. The maximum absolute atomic E-state index is 12.0. The fourth-order valence-corrected chi connectivity index (χ4v) is 2.81. The molecular formula is C10H15N5O2S. The van der Waals surface area contributed by atoms with Crippen LogP contribution >= 0.6 is 0 Å². The Morgan fingerprint density at radius 2 is 2.22 bits per heavy atom. The molecule has 98 valence electrons. The highest BCUT2D eigenvalue weighted by atomic mass is 32.2. The molecule has 18 heavy (non-hydrogen) atoms. The molecule has 2 aromatic rings. The Morgan fingerprint density at radius 1 is 1.44 bits per heavy atom. The van der Waals surface area contributed by atoms with Crippen LogP contribution in [0.5, 0.6) is 0 Å². The summed E-state index contributed by atoms with van der Waals surface area (Å²) < 4.78 is 29.7. The number of hydrogen-bond donors (Lipinski definition) is 1. The second kappa shape index (κ2) is 4.91. The van der Waals surface area contributed by atoms with E-state index >= 15 is 0 Å². The molecular weight excluding hydrogens is 254 g/mol. The summed E-state index contributed by atoms with van der Waals surface area (Å²) in [6, 6.07) is 1.54. The predicted octanol–water partition coefficient (Wildman–Crippen LogP) is -0.0164. The highest BCUT2D eigenvalue weighted by molar-refractivity contribution is 7.89. The average Bonchev–Trinajstić information content (AvgIpc) is 2.88. The van der Waals surface area contributed by atoms with Crippen molar-refractivity contribution in [3.05, 3.63) is 30.9 Å². The van der Waals surface area contributed by atoms with Gasteiger partial charge in [0, 0.05) is 31.7 Å². The van der Waals surface area contributed by atoms with E-state index in [4.69, 9.17) is 0 Å². The molecule has 1 N–H and O–H groups in total. The highest BCUT2D eigenvalue weighted by Gasteiger charge is 2.19. The van der Waals surface area contributed by atoms with Crippen LogP contribution in [0.25, 0.3) is 0 Å². The van der Waals surface area contributed by atoms with Crippen LogP contribution in [0.3, 0.4) is 0 Å². The van der Waals surface area contributed by atoms with Gasteiger partial charge in [-0.1, -0.05) is 0 Å². The van der Waals surface area contributed by atoms with Crippen LogP contribution in [-0.4, -0.2) is 34.0 Å². The number of rotatable bonds is 5. The van der Waals surface area contributed by atoms with Gasteiger partial charge in [0.2, 0.25) is 10.0 Å². The first-order valence-corrected chi connectivity index (χ1v) is 6.94. The van der Waals surface area contributed by atoms with Gasteiger partial charge in [0.25, 0.3) is 0 Å². The van der Waals surface area contributed by atoms with Gasteiger partial charge in [-0.25, -0.2) is 13.1 Å². The lowest BCUT2D eigenvalue weighted by atomic mass is 10.4. The Labute approximate surface area is 105 Å². The van der Waals surface area contributed by atoms with Crippen molar-refractivity contribution in [3.8, 4) is 0 Å². The van der Waals surface area contributed by atoms with E-state index in [9.17, 15) is 8.42 Å². The summed E-state index contributed by atoms with van der Waals surface area (Å²) in [6.45, 7) is 2.27. The fourth-order valence-electron chi connectivity index (χ4n) is 1.60. The smallest absolute Gasteiger partial charge is 0.243 e. The van der Waals surface area contributed by atoms with Crippen LogP contribution in [0, 0.1) is 0 Å². The van der Waals surface area contributed by atoms with Crippen molar-refractivity contribution in [2.24, 2.45) is 7.05 Å². The second-order valence-corrected chi connectivity index (χ2v) is 5.81. The topological polar surface area (TPSA) is 81.8 Å². The summed E-state index contributed by atoms with van der Waals surface area (Å²) in [6.07, 6.45) is 6.23. The molecule has 2 aromatic heterocycles. The molecule has 0 aliphatic heterocycles. The zero-order chi connectivity index (χ0) is 13.2. The molecule has 1 atom stereocenters. The molecule has 0 radical (unpaired) electrons. The third kappa shape index (κ3) is 2.96. The summed E-state index contributed by atoms with van der Waals surface area (Å²) in [7, 11) is -1.84. The monoisotopic (exact) mass is 269 g/mol. The molecule has 0 aromatic carbocycles. The van der Waals surface area contributed by atoms with Crippen molar-refractivity contribution in [2.75, 3.05) is 0 Å². The Balaban J connectivity index is 2.04. The number of nitrogens with one attached hydrogen (secondary N) is 1. The average molecular weight is 269 g/mol. The van der Waals surface area contributed by atoms with Gasteiger partial charge >= 0.3 is 0 Å². The first-order valence-electron chi connectivity index (χ1n) is 5.46. The third-order valence-electron chi connectivity index (χ3n) is 2.37. The SMILES string of the molecule is CC(Cn1cccn1)NS(=O)(=O)c1cnn(C)c1. The van der Waals surface area contributed by atoms with E-state index in [-0.39, 0.29) is 10.9 Å². The van der Waals surface area contributed by atoms with Crippen molar-refractivity contribution in [1.82, 2.24) is 24.3 Å². The lowest BCUT2D eigenvalue weighted by Gasteiger charge is -2.13. The lowest BCUT2D eigenvalue weighted by Crippen LogP contribution is -2.35. The second-order valence-electron chi connectivity index (χ2n) is 4.10. The molecule has 0 saturated carbocycles. The van der Waals surface area contributed by atoms with Gasteiger partial charge in [0.1, 0.15) is 4.90 Å². The van der Waals surface area contributed by atoms with Gasteiger partial charge in [-0.3, -0.25) is 9.36 Å². The van der Waals surface area contributed by atoms with Gasteiger partial charge in [-0.05, 0) is 13.0 Å². The van der Waals surface area contributed by atoms with E-state index < -0.39 is 10.0 Å². The van der Waals surface area contributed by atoms with Crippen LogP contribution in [-0.2, 0) is 23.6 Å². The molecule has 0 spiro atoms. The van der Waals surface area contributed by atoms with E-state index in [0.29, 0.717) is 6.54 Å². The van der Waals surface area contributed by atoms with E-state index in [2.05, 4.69) is 14.9 Å². The van der Waals surface area contributed by atoms with E-state index in [1.807, 2.05) is 0 Å². The number of sulfonamides is 1. The number of nitrogens with zero attached hydrogens (tertiary/aromatic N) is 4. The maximum atomic E-state index is 12.0. The Hall–Kier alpha value is -1.67. The summed E-state index contributed by atoms with van der Waals surface area (Å²) in [5, 5.41) is 7.87. The Kier molecular flexibility index (Phi) is 3.48. The third-order valence-corrected chi connectivity index (χ3v) is 3.91. The van der Waals surface area contributed by atoms with Crippen molar-refractivity contribution in [1.29, 1.82) is 0 Å². The van der Waals surface area contributed by atoms with Gasteiger partial charge in [-0.2, -0.15) is 10.2 Å². The highest BCUT2D eigenvalue weighted by Crippen LogP contribution is 2.07. The molecule has 0 aliphatic carbocycles. The van der Waals surface area contributed by atoms with Crippen LogP contribution in [0.1, 0.15) is 6.92 Å². The standard InChI is InChI=1S/C10H15N5O2S/c1-9(7-15-5-3-4-11-15)13-18(16,17)10-6-12-14(2)8-10/h3-6,8-9,13H,7H2,1-2H3. The van der Waals surface area contributed by atoms with E-state index in [1.165, 1.54) is 17.1 Å². The molecule has 0 bridgehead atoms. The zero-order valence-electron chi connectivity index (χ0n) is 10.2. The minimum atomic E-state index is -3.52. The lowest BCUT2D eigenvalue weighted by molar-refractivity contribution is 0.494. The van der Waals surface area contributed by atoms with Crippen molar-refractivity contribution < 1.29 is 8.42 Å². The van der Waals surface area contributed by atoms with Crippen LogP contribution < -0.4 is 4.72 Å².